The summed E-state index contributed by atoms with van der Waals surface area (Å²) in [5.74, 6) is 0. The van der Waals surface area contributed by atoms with Gasteiger partial charge < -0.3 is 14.9 Å². The van der Waals surface area contributed by atoms with Gasteiger partial charge in [0.05, 0.1) is 26.6 Å². The first-order chi connectivity index (χ1) is 8.08. The van der Waals surface area contributed by atoms with E-state index in [-0.39, 0.29) is 6.61 Å². The third kappa shape index (κ3) is 4.03. The van der Waals surface area contributed by atoms with Gasteiger partial charge in [-0.05, 0) is 5.56 Å². The summed E-state index contributed by atoms with van der Waals surface area (Å²) in [5.41, 5.74) is 0.593. The molecule has 0 saturated carbocycles. The first kappa shape index (κ1) is 5.10. The van der Waals surface area contributed by atoms with E-state index in [9.17, 15) is 5.11 Å². The maximum absolute atomic E-state index is 9.40. The monoisotopic (exact) mass is 187 g/mol. The molecule has 0 saturated heterocycles. The standard InChI is InChI=1S/C10H14O3/c11-6-10(12)8-13-7-9-4-2-1-3-5-9/h1-5,10-12H,6-8H2/i6D2,8D2,10D. The number of ether oxygens (including phenoxy) is 1. The summed E-state index contributed by atoms with van der Waals surface area (Å²) in [4.78, 5) is 0. The van der Waals surface area contributed by atoms with Crippen molar-refractivity contribution in [2.75, 3.05) is 13.1 Å². The molecule has 0 fully saturated rings. The highest BCUT2D eigenvalue weighted by Crippen LogP contribution is 2.00. The van der Waals surface area contributed by atoms with Crippen LogP contribution >= 0.6 is 0 Å². The summed E-state index contributed by atoms with van der Waals surface area (Å²) in [5, 5.41) is 18.4. The Labute approximate surface area is 84.6 Å². The molecule has 0 radical (unpaired) electrons. The second-order valence-corrected chi connectivity index (χ2v) is 2.34. The Morgan fingerprint density at radius 3 is 2.77 bits per heavy atom. The van der Waals surface area contributed by atoms with Crippen molar-refractivity contribution in [1.29, 1.82) is 0 Å². The molecule has 1 unspecified atom stereocenters. The van der Waals surface area contributed by atoms with Gasteiger partial charge in [-0.2, -0.15) is 0 Å². The van der Waals surface area contributed by atoms with Crippen molar-refractivity contribution >= 4 is 0 Å². The van der Waals surface area contributed by atoms with E-state index < -0.39 is 19.2 Å². The van der Waals surface area contributed by atoms with Gasteiger partial charge in [0, 0.05) is 0 Å². The predicted octanol–water partition coefficient (Wildman–Crippen LogP) is 0.556. The lowest BCUT2D eigenvalue weighted by atomic mass is 10.2. The number of hydrogen-bond donors (Lipinski definition) is 2. The number of benzene rings is 1. The molecule has 1 atom stereocenters. The second kappa shape index (κ2) is 5.70. The van der Waals surface area contributed by atoms with Crippen molar-refractivity contribution in [3.63, 3.8) is 0 Å². The van der Waals surface area contributed by atoms with Gasteiger partial charge in [-0.3, -0.25) is 0 Å². The smallest absolute Gasteiger partial charge is 0.100 e. The quantitative estimate of drug-likeness (QED) is 0.708. The average molecular weight is 187 g/mol. The summed E-state index contributed by atoms with van der Waals surface area (Å²) in [6, 6.07) is 8.45. The van der Waals surface area contributed by atoms with Crippen LogP contribution in [0.2, 0.25) is 0 Å². The molecule has 13 heavy (non-hydrogen) atoms. The van der Waals surface area contributed by atoms with E-state index in [2.05, 4.69) is 0 Å². The molecule has 3 heteroatoms. The molecule has 3 nitrogen and oxygen atoms in total. The fourth-order valence-corrected chi connectivity index (χ4v) is 0.785. The van der Waals surface area contributed by atoms with E-state index in [1.165, 1.54) is 0 Å². The van der Waals surface area contributed by atoms with Crippen molar-refractivity contribution < 1.29 is 21.8 Å². The lowest BCUT2D eigenvalue weighted by molar-refractivity contribution is 0.0000253. The lowest BCUT2D eigenvalue weighted by Gasteiger charge is -2.07. The first-order valence-electron chi connectivity index (χ1n) is 6.20. The fraction of sp³-hybridized carbons (Fsp3) is 0.400. The minimum absolute atomic E-state index is 0.259. The minimum atomic E-state index is -3.45. The van der Waals surface area contributed by atoms with Gasteiger partial charge >= 0.3 is 0 Å². The van der Waals surface area contributed by atoms with Crippen LogP contribution in [0.3, 0.4) is 0 Å². The molecule has 0 aliphatic rings. The van der Waals surface area contributed by atoms with Crippen molar-refractivity contribution in [3.8, 4) is 0 Å². The summed E-state index contributed by atoms with van der Waals surface area (Å²) in [6.07, 6.45) is -3.44. The Balaban J connectivity index is 2.77. The summed E-state index contributed by atoms with van der Waals surface area (Å²) >= 11 is 0. The second-order valence-electron chi connectivity index (χ2n) is 2.34. The molecule has 0 aliphatic heterocycles. The SMILES string of the molecule is [2H]C([2H])(O)C([2H])(O)C([2H])([2H])OCc1ccccc1. The van der Waals surface area contributed by atoms with Crippen molar-refractivity contribution in [1.82, 2.24) is 0 Å². The van der Waals surface area contributed by atoms with E-state index >= 15 is 0 Å². The Bertz CT molecular complexity index is 388. The van der Waals surface area contributed by atoms with Crippen LogP contribution in [0.4, 0.5) is 0 Å². The molecular formula is C10H14O3. The van der Waals surface area contributed by atoms with Crippen LogP contribution < -0.4 is 0 Å². The lowest BCUT2D eigenvalue weighted by Crippen LogP contribution is -2.19. The normalized spacial score (nSPS) is 23.1. The maximum atomic E-state index is 9.40. The van der Waals surface area contributed by atoms with Gasteiger partial charge in [0.25, 0.3) is 0 Å². The predicted molar refractivity (Wildman–Crippen MR) is 49.2 cm³/mol. The summed E-state index contributed by atoms with van der Waals surface area (Å²) < 4.78 is 40.2. The average Bonchev–Trinajstić information content (AvgIpc) is 2.26. The van der Waals surface area contributed by atoms with Crippen LogP contribution in [-0.2, 0) is 11.3 Å². The van der Waals surface area contributed by atoms with Crippen LogP contribution in [-0.4, -0.2) is 29.4 Å². The maximum Gasteiger partial charge on any atom is 0.100 e. The molecule has 2 N–H and O–H groups in total. The molecule has 0 aromatic heterocycles. The third-order valence-corrected chi connectivity index (χ3v) is 1.36. The molecule has 72 valence electrons. The van der Waals surface area contributed by atoms with Gasteiger partial charge in [-0.15, -0.1) is 0 Å². The van der Waals surface area contributed by atoms with Gasteiger partial charge in [-0.25, -0.2) is 0 Å². The van der Waals surface area contributed by atoms with Gasteiger partial charge in [0.1, 0.15) is 6.08 Å². The molecule has 0 bridgehead atoms. The highest BCUT2D eigenvalue weighted by molar-refractivity contribution is 5.13. The van der Waals surface area contributed by atoms with Crippen LogP contribution in [0.15, 0.2) is 30.3 Å². The van der Waals surface area contributed by atoms with E-state index in [0.717, 1.165) is 0 Å². The van der Waals surface area contributed by atoms with Crippen molar-refractivity contribution in [3.05, 3.63) is 35.9 Å². The first-order valence-corrected chi connectivity index (χ1v) is 3.70. The Morgan fingerprint density at radius 2 is 2.15 bits per heavy atom. The number of aliphatic hydroxyl groups is 2. The zero-order valence-corrected chi connectivity index (χ0v) is 6.90. The Kier molecular flexibility index (Phi) is 2.23. The van der Waals surface area contributed by atoms with Crippen LogP contribution in [0.25, 0.3) is 0 Å². The zero-order valence-electron chi connectivity index (χ0n) is 11.9. The number of hydrogen-bond acceptors (Lipinski definition) is 3. The molecule has 0 amide bonds. The third-order valence-electron chi connectivity index (χ3n) is 1.36. The molecule has 1 aromatic carbocycles. The minimum Gasteiger partial charge on any atom is -0.394 e. The number of rotatable bonds is 5. The summed E-state index contributed by atoms with van der Waals surface area (Å²) in [7, 11) is 0. The topological polar surface area (TPSA) is 49.7 Å². The van der Waals surface area contributed by atoms with Crippen LogP contribution in [0.1, 0.15) is 12.4 Å². The van der Waals surface area contributed by atoms with E-state index in [4.69, 9.17) is 16.7 Å². The van der Waals surface area contributed by atoms with Gasteiger partial charge in [0.15, 0.2) is 0 Å². The highest BCUT2D eigenvalue weighted by atomic mass is 16.5. The van der Waals surface area contributed by atoms with Crippen LogP contribution in [0, 0.1) is 0 Å². The van der Waals surface area contributed by atoms with Crippen molar-refractivity contribution in [2.24, 2.45) is 0 Å². The molecule has 0 heterocycles. The van der Waals surface area contributed by atoms with E-state index in [0.29, 0.717) is 5.56 Å². The van der Waals surface area contributed by atoms with E-state index in [1.807, 2.05) is 0 Å². The summed E-state index contributed by atoms with van der Waals surface area (Å²) in [6.45, 7) is -6.78. The Morgan fingerprint density at radius 1 is 1.46 bits per heavy atom. The zero-order chi connectivity index (χ0) is 14.0. The molecule has 0 spiro atoms. The highest BCUT2D eigenvalue weighted by Gasteiger charge is 2.00. The molecule has 1 rings (SSSR count). The largest absolute Gasteiger partial charge is 0.394 e. The Hall–Kier alpha value is -0.900. The molecule has 1 aromatic rings. The molecule has 0 aliphatic carbocycles. The molecular weight excluding hydrogens is 168 g/mol. The van der Waals surface area contributed by atoms with E-state index in [1.54, 1.807) is 30.3 Å². The van der Waals surface area contributed by atoms with Crippen LogP contribution in [0.5, 0.6) is 0 Å². The fourth-order valence-electron chi connectivity index (χ4n) is 0.785. The van der Waals surface area contributed by atoms with Gasteiger partial charge in [-0.1, -0.05) is 30.3 Å². The van der Waals surface area contributed by atoms with Crippen molar-refractivity contribution in [2.45, 2.75) is 12.7 Å². The van der Waals surface area contributed by atoms with Gasteiger partial charge in [0.2, 0.25) is 0 Å².